The van der Waals surface area contributed by atoms with Gasteiger partial charge in [-0.15, -0.1) is 21.5 Å². The van der Waals surface area contributed by atoms with E-state index >= 15 is 0 Å². The van der Waals surface area contributed by atoms with Crippen molar-refractivity contribution in [1.29, 1.82) is 0 Å². The van der Waals surface area contributed by atoms with Crippen molar-refractivity contribution >= 4 is 39.2 Å². The molecule has 2 N–H and O–H groups in total. The molecule has 5 heterocycles. The number of aryl methyl sites for hydroxylation is 1. The van der Waals surface area contributed by atoms with Gasteiger partial charge in [-0.25, -0.2) is 4.98 Å². The third-order valence-electron chi connectivity index (χ3n) is 6.51. The van der Waals surface area contributed by atoms with Crippen LogP contribution in [0.4, 0.5) is 24.9 Å². The van der Waals surface area contributed by atoms with Crippen LogP contribution in [0.15, 0.2) is 6.07 Å². The van der Waals surface area contributed by atoms with Gasteiger partial charge in [-0.3, -0.25) is 4.79 Å². The number of fused-ring (bicyclic) bond motifs is 2. The van der Waals surface area contributed by atoms with Crippen LogP contribution in [0.3, 0.4) is 0 Å². The van der Waals surface area contributed by atoms with Gasteiger partial charge < -0.3 is 20.1 Å². The van der Waals surface area contributed by atoms with Crippen LogP contribution in [0.1, 0.15) is 49.1 Å². The molecule has 9 nitrogen and oxygen atoms in total. The van der Waals surface area contributed by atoms with E-state index in [9.17, 15) is 18.0 Å². The van der Waals surface area contributed by atoms with E-state index in [4.69, 9.17) is 15.7 Å². The van der Waals surface area contributed by atoms with Gasteiger partial charge in [0.1, 0.15) is 10.6 Å². The minimum atomic E-state index is -4.54. The van der Waals surface area contributed by atoms with Gasteiger partial charge in [0.15, 0.2) is 5.82 Å². The SMILES string of the molecule is CCCc1cc2c(N3CCn4c(nnc4C(F)(F)F)C3)nc(N3CCC[C@@H](CC(N)=O)C3)nc2s1. The Morgan fingerprint density at radius 3 is 2.77 bits per heavy atom. The molecule has 0 unspecified atom stereocenters. The summed E-state index contributed by atoms with van der Waals surface area (Å²) in [6, 6.07) is 2.09. The van der Waals surface area contributed by atoms with E-state index in [0.717, 1.165) is 47.0 Å². The van der Waals surface area contributed by atoms with Crippen LogP contribution in [-0.2, 0) is 30.5 Å². The second-order valence-corrected chi connectivity index (χ2v) is 10.3. The number of carbonyl (C=O) groups excluding carboxylic acids is 1. The molecule has 0 saturated carbocycles. The highest BCUT2D eigenvalue weighted by Crippen LogP contribution is 2.36. The molecule has 1 atom stereocenters. The normalized spacial score (nSPS) is 18.8. The van der Waals surface area contributed by atoms with Crippen molar-refractivity contribution < 1.29 is 18.0 Å². The Morgan fingerprint density at radius 2 is 2.03 bits per heavy atom. The third kappa shape index (κ3) is 4.78. The summed E-state index contributed by atoms with van der Waals surface area (Å²) in [4.78, 5) is 27.3. The van der Waals surface area contributed by atoms with Gasteiger partial charge in [0.05, 0.1) is 11.9 Å². The lowest BCUT2D eigenvalue weighted by molar-refractivity contribution is -0.147. The number of piperidine rings is 1. The average molecular weight is 509 g/mol. The van der Waals surface area contributed by atoms with Crippen LogP contribution in [0.2, 0.25) is 0 Å². The number of nitrogens with two attached hydrogens (primary N) is 1. The van der Waals surface area contributed by atoms with E-state index in [1.165, 1.54) is 4.88 Å². The summed E-state index contributed by atoms with van der Waals surface area (Å²) >= 11 is 1.62. The van der Waals surface area contributed by atoms with Gasteiger partial charge in [-0.1, -0.05) is 13.3 Å². The van der Waals surface area contributed by atoms with Gasteiger partial charge in [-0.2, -0.15) is 18.2 Å². The smallest absolute Gasteiger partial charge is 0.370 e. The first-order chi connectivity index (χ1) is 16.7. The number of thiophene rings is 1. The zero-order chi connectivity index (χ0) is 24.7. The highest BCUT2D eigenvalue weighted by molar-refractivity contribution is 7.18. The van der Waals surface area contributed by atoms with E-state index in [-0.39, 0.29) is 30.7 Å². The highest BCUT2D eigenvalue weighted by atomic mass is 32.1. The molecule has 2 aliphatic rings. The van der Waals surface area contributed by atoms with Crippen molar-refractivity contribution in [2.45, 2.75) is 58.3 Å². The largest absolute Gasteiger partial charge is 0.451 e. The molecule has 0 aliphatic carbocycles. The number of carbonyl (C=O) groups is 1. The van der Waals surface area contributed by atoms with Crippen LogP contribution < -0.4 is 15.5 Å². The fourth-order valence-electron chi connectivity index (χ4n) is 4.94. The lowest BCUT2D eigenvalue weighted by atomic mass is 9.95. The maximum atomic E-state index is 13.3. The fourth-order valence-corrected chi connectivity index (χ4v) is 6.06. The van der Waals surface area contributed by atoms with Crippen LogP contribution >= 0.6 is 11.3 Å². The summed E-state index contributed by atoms with van der Waals surface area (Å²) in [7, 11) is 0. The number of alkyl halides is 3. The summed E-state index contributed by atoms with van der Waals surface area (Å²) < 4.78 is 41.0. The maximum absolute atomic E-state index is 13.3. The molecular weight excluding hydrogens is 481 g/mol. The van der Waals surface area contributed by atoms with Crippen molar-refractivity contribution in [3.63, 3.8) is 0 Å². The molecule has 2 aliphatic heterocycles. The molecule has 0 spiro atoms. The standard InChI is InChI=1S/C22H27F3N8OS/c1-2-4-14-10-15-18(31-7-8-33-17(12-31)29-30-20(33)22(23,24)25)27-21(28-19(15)35-14)32-6-3-5-13(11-32)9-16(26)34/h10,13H,2-9,11-12H2,1H3,(H2,26,34)/t13-/m0/s1. The minimum Gasteiger partial charge on any atom is -0.370 e. The van der Waals surface area contributed by atoms with E-state index in [1.54, 1.807) is 11.3 Å². The van der Waals surface area contributed by atoms with Crippen molar-refractivity contribution in [2.75, 3.05) is 29.4 Å². The fraction of sp³-hybridized carbons (Fsp3) is 0.591. The number of amides is 1. The topological polar surface area (TPSA) is 106 Å². The first-order valence-electron chi connectivity index (χ1n) is 11.8. The van der Waals surface area contributed by atoms with Gasteiger partial charge >= 0.3 is 6.18 Å². The van der Waals surface area contributed by atoms with Crippen molar-refractivity contribution in [1.82, 2.24) is 24.7 Å². The first-order valence-corrected chi connectivity index (χ1v) is 12.6. The molecule has 5 rings (SSSR count). The number of hydrogen-bond donors (Lipinski definition) is 1. The zero-order valence-electron chi connectivity index (χ0n) is 19.4. The summed E-state index contributed by atoms with van der Waals surface area (Å²) in [5, 5.41) is 8.12. The number of hydrogen-bond acceptors (Lipinski definition) is 8. The van der Waals surface area contributed by atoms with Crippen molar-refractivity contribution in [3.05, 3.63) is 22.6 Å². The number of nitrogens with zero attached hydrogens (tertiary/aromatic N) is 7. The van der Waals surface area contributed by atoms with Gasteiger partial charge in [0.2, 0.25) is 17.7 Å². The molecular formula is C22H27F3N8OS. The first kappa shape index (κ1) is 23.8. The summed E-state index contributed by atoms with van der Waals surface area (Å²) in [5.41, 5.74) is 5.43. The van der Waals surface area contributed by atoms with Crippen molar-refractivity contribution in [2.24, 2.45) is 11.7 Å². The Bertz CT molecular complexity index is 1240. The second-order valence-electron chi connectivity index (χ2n) is 9.16. The summed E-state index contributed by atoms with van der Waals surface area (Å²) in [5.74, 6) is 0.415. The lowest BCUT2D eigenvalue weighted by Gasteiger charge is -2.34. The summed E-state index contributed by atoms with van der Waals surface area (Å²) in [6.07, 6.45) is -0.458. The number of aromatic nitrogens is 5. The second kappa shape index (κ2) is 9.25. The quantitative estimate of drug-likeness (QED) is 0.544. The highest BCUT2D eigenvalue weighted by Gasteiger charge is 2.40. The Balaban J connectivity index is 1.50. The van der Waals surface area contributed by atoms with E-state index < -0.39 is 12.0 Å². The monoisotopic (exact) mass is 508 g/mol. The third-order valence-corrected chi connectivity index (χ3v) is 7.59. The van der Waals surface area contributed by atoms with Gasteiger partial charge in [0.25, 0.3) is 0 Å². The van der Waals surface area contributed by atoms with Gasteiger partial charge in [-0.05, 0) is 31.2 Å². The van der Waals surface area contributed by atoms with E-state index in [1.807, 2.05) is 4.90 Å². The van der Waals surface area contributed by atoms with Crippen LogP contribution in [0.25, 0.3) is 10.2 Å². The Kier molecular flexibility index (Phi) is 6.28. The molecule has 13 heteroatoms. The number of rotatable bonds is 6. The molecule has 1 saturated heterocycles. The number of halogens is 3. The van der Waals surface area contributed by atoms with E-state index in [2.05, 4.69) is 28.1 Å². The molecule has 1 amide bonds. The molecule has 0 bridgehead atoms. The Hall–Kier alpha value is -2.96. The van der Waals surface area contributed by atoms with Crippen LogP contribution in [0.5, 0.6) is 0 Å². The molecule has 3 aromatic heterocycles. The Morgan fingerprint density at radius 1 is 1.20 bits per heavy atom. The molecule has 188 valence electrons. The molecule has 3 aromatic rings. The zero-order valence-corrected chi connectivity index (χ0v) is 20.2. The molecule has 0 aromatic carbocycles. The average Bonchev–Trinajstić information content (AvgIpc) is 3.41. The number of primary amides is 1. The van der Waals surface area contributed by atoms with Gasteiger partial charge in [0, 0.05) is 37.5 Å². The minimum absolute atomic E-state index is 0.119. The molecule has 0 radical (unpaired) electrons. The Labute approximate surface area is 204 Å². The maximum Gasteiger partial charge on any atom is 0.451 e. The summed E-state index contributed by atoms with van der Waals surface area (Å²) in [6.45, 7) is 4.18. The van der Waals surface area contributed by atoms with Crippen LogP contribution in [0, 0.1) is 5.92 Å². The van der Waals surface area contributed by atoms with Crippen LogP contribution in [-0.4, -0.2) is 50.3 Å². The molecule has 1 fully saturated rings. The number of anilines is 2. The predicted molar refractivity (Wildman–Crippen MR) is 126 cm³/mol. The predicted octanol–water partition coefficient (Wildman–Crippen LogP) is 3.37. The lowest BCUT2D eigenvalue weighted by Crippen LogP contribution is -2.39. The molecule has 35 heavy (non-hydrogen) atoms. The van der Waals surface area contributed by atoms with Crippen molar-refractivity contribution in [3.8, 4) is 0 Å². The van der Waals surface area contributed by atoms with E-state index in [0.29, 0.717) is 31.3 Å².